The van der Waals surface area contributed by atoms with E-state index in [1.807, 2.05) is 11.8 Å². The molecule has 0 radical (unpaired) electrons. The van der Waals surface area contributed by atoms with E-state index in [1.165, 1.54) is 18.2 Å². The van der Waals surface area contributed by atoms with Crippen molar-refractivity contribution in [3.63, 3.8) is 0 Å². The maximum absolute atomic E-state index is 11.0. The van der Waals surface area contributed by atoms with Gasteiger partial charge in [0.1, 0.15) is 0 Å². The van der Waals surface area contributed by atoms with Crippen LogP contribution < -0.4 is 5.32 Å². The van der Waals surface area contributed by atoms with Crippen molar-refractivity contribution in [1.82, 2.24) is 0 Å². The SMILES string of the molecule is CCCCSCC[NH2+]C(=O)/C=C\C(=O)O. The molecule has 0 bridgehead atoms. The summed E-state index contributed by atoms with van der Waals surface area (Å²) in [5, 5.41) is 9.80. The quantitative estimate of drug-likeness (QED) is 0.465. The predicted octanol–water partition coefficient (Wildman–Crippen LogP) is 0.251. The smallest absolute Gasteiger partial charge is 0.335 e. The van der Waals surface area contributed by atoms with Crippen molar-refractivity contribution in [3.8, 4) is 0 Å². The van der Waals surface area contributed by atoms with Crippen molar-refractivity contribution in [3.05, 3.63) is 12.2 Å². The van der Waals surface area contributed by atoms with E-state index in [0.29, 0.717) is 6.54 Å². The van der Waals surface area contributed by atoms with E-state index in [4.69, 9.17) is 5.11 Å². The third kappa shape index (κ3) is 11.1. The summed E-state index contributed by atoms with van der Waals surface area (Å²) in [6.45, 7) is 2.85. The van der Waals surface area contributed by atoms with Crippen molar-refractivity contribution in [2.24, 2.45) is 0 Å². The Morgan fingerprint density at radius 3 is 2.67 bits per heavy atom. The summed E-state index contributed by atoms with van der Waals surface area (Å²) in [6, 6.07) is 0. The predicted molar refractivity (Wildman–Crippen MR) is 60.8 cm³/mol. The minimum Gasteiger partial charge on any atom is -0.478 e. The van der Waals surface area contributed by atoms with Crippen LogP contribution in [0.15, 0.2) is 12.2 Å². The molecule has 0 fully saturated rings. The zero-order valence-corrected chi connectivity index (χ0v) is 9.76. The van der Waals surface area contributed by atoms with Gasteiger partial charge in [0, 0.05) is 17.9 Å². The van der Waals surface area contributed by atoms with Gasteiger partial charge in [0.15, 0.2) is 0 Å². The van der Waals surface area contributed by atoms with E-state index >= 15 is 0 Å². The van der Waals surface area contributed by atoms with E-state index in [-0.39, 0.29) is 5.91 Å². The lowest BCUT2D eigenvalue weighted by molar-refractivity contribution is -0.559. The number of unbranched alkanes of at least 4 members (excludes halogenated alkanes) is 1. The molecule has 1 amide bonds. The van der Waals surface area contributed by atoms with Gasteiger partial charge in [-0.25, -0.2) is 9.59 Å². The molecular formula is C10H18NO3S+. The summed E-state index contributed by atoms with van der Waals surface area (Å²) >= 11 is 1.82. The summed E-state index contributed by atoms with van der Waals surface area (Å²) in [6.07, 6.45) is 4.34. The van der Waals surface area contributed by atoms with Crippen LogP contribution in [0.1, 0.15) is 19.8 Å². The Labute approximate surface area is 94.1 Å². The molecule has 0 saturated heterocycles. The molecule has 0 aromatic rings. The Balaban J connectivity index is 3.35. The molecule has 5 heteroatoms. The van der Waals surface area contributed by atoms with Crippen LogP contribution in [0.4, 0.5) is 0 Å². The van der Waals surface area contributed by atoms with Crippen molar-refractivity contribution in [2.45, 2.75) is 19.8 Å². The number of amides is 1. The molecule has 0 atom stereocenters. The fourth-order valence-electron chi connectivity index (χ4n) is 0.854. The molecule has 0 aromatic heterocycles. The largest absolute Gasteiger partial charge is 0.478 e. The van der Waals surface area contributed by atoms with E-state index in [2.05, 4.69) is 6.92 Å². The highest BCUT2D eigenvalue weighted by Crippen LogP contribution is 2.01. The molecule has 15 heavy (non-hydrogen) atoms. The minimum atomic E-state index is -1.09. The zero-order valence-electron chi connectivity index (χ0n) is 8.94. The molecule has 0 aromatic carbocycles. The van der Waals surface area contributed by atoms with Crippen LogP contribution in [0, 0.1) is 0 Å². The molecule has 0 heterocycles. The van der Waals surface area contributed by atoms with Crippen LogP contribution in [0.5, 0.6) is 0 Å². The number of hydrogen-bond donors (Lipinski definition) is 2. The minimum absolute atomic E-state index is 0.228. The second-order valence-electron chi connectivity index (χ2n) is 3.03. The molecule has 3 N–H and O–H groups in total. The van der Waals surface area contributed by atoms with Crippen molar-refractivity contribution in [2.75, 3.05) is 18.1 Å². The first-order valence-corrected chi connectivity index (χ1v) is 6.18. The third-order valence-electron chi connectivity index (χ3n) is 1.64. The van der Waals surface area contributed by atoms with Crippen molar-refractivity contribution < 1.29 is 20.0 Å². The number of carbonyl (C=O) groups excluding carboxylic acids is 1. The molecule has 0 unspecified atom stereocenters. The molecular weight excluding hydrogens is 214 g/mol. The van der Waals surface area contributed by atoms with Crippen molar-refractivity contribution >= 4 is 23.6 Å². The van der Waals surface area contributed by atoms with E-state index < -0.39 is 5.97 Å². The second-order valence-corrected chi connectivity index (χ2v) is 4.26. The number of quaternary nitrogens is 1. The molecule has 86 valence electrons. The number of rotatable bonds is 8. The lowest BCUT2D eigenvalue weighted by Crippen LogP contribution is -2.88. The Hall–Kier alpha value is -0.810. The number of aliphatic carboxylic acids is 1. The summed E-state index contributed by atoms with van der Waals surface area (Å²) in [5.41, 5.74) is 0. The first-order chi connectivity index (χ1) is 7.16. The Bertz CT molecular complexity index is 229. The van der Waals surface area contributed by atoms with Gasteiger partial charge in [-0.1, -0.05) is 13.3 Å². The van der Waals surface area contributed by atoms with E-state index in [1.54, 1.807) is 0 Å². The number of nitrogens with two attached hydrogens (primary N) is 1. The van der Waals surface area contributed by atoms with Gasteiger partial charge in [0.2, 0.25) is 0 Å². The normalized spacial score (nSPS) is 10.7. The highest BCUT2D eigenvalue weighted by molar-refractivity contribution is 7.99. The number of primary amides is 1. The van der Waals surface area contributed by atoms with Gasteiger partial charge in [-0.3, -0.25) is 5.32 Å². The highest BCUT2D eigenvalue weighted by Gasteiger charge is 2.00. The lowest BCUT2D eigenvalue weighted by atomic mass is 10.4. The lowest BCUT2D eigenvalue weighted by Gasteiger charge is -1.97. The topological polar surface area (TPSA) is 71.0 Å². The second kappa shape index (κ2) is 9.73. The van der Waals surface area contributed by atoms with Gasteiger partial charge in [-0.15, -0.1) is 0 Å². The number of hydrogen-bond acceptors (Lipinski definition) is 3. The average molecular weight is 232 g/mol. The fraction of sp³-hybridized carbons (Fsp3) is 0.600. The monoisotopic (exact) mass is 232 g/mol. The number of carboxylic acid groups (broad SMARTS) is 1. The van der Waals surface area contributed by atoms with Gasteiger partial charge in [-0.2, -0.15) is 11.8 Å². The van der Waals surface area contributed by atoms with Gasteiger partial charge in [-0.05, 0) is 12.2 Å². The molecule has 0 spiro atoms. The molecule has 4 nitrogen and oxygen atoms in total. The third-order valence-corrected chi connectivity index (χ3v) is 2.74. The maximum atomic E-state index is 11.0. The first kappa shape index (κ1) is 14.2. The standard InChI is InChI=1S/C10H17NO3S/c1-2-3-7-15-8-6-11-9(12)4-5-10(13)14/h4-5H,2-3,6-8H2,1H3,(H,11,12)(H,13,14)/p+1/b5-4-. The average Bonchev–Trinajstić information content (AvgIpc) is 2.20. The summed E-state index contributed by atoms with van der Waals surface area (Å²) in [4.78, 5) is 21.1. The van der Waals surface area contributed by atoms with Crippen LogP contribution in [0.25, 0.3) is 0 Å². The zero-order chi connectivity index (χ0) is 11.5. The van der Waals surface area contributed by atoms with Crippen molar-refractivity contribution in [1.29, 1.82) is 0 Å². The van der Waals surface area contributed by atoms with Crippen LogP contribution >= 0.6 is 11.8 Å². The Morgan fingerprint density at radius 2 is 2.07 bits per heavy atom. The first-order valence-electron chi connectivity index (χ1n) is 5.02. The Kier molecular flexibility index (Phi) is 9.21. The van der Waals surface area contributed by atoms with Gasteiger partial charge < -0.3 is 5.11 Å². The van der Waals surface area contributed by atoms with Crippen LogP contribution in [0.2, 0.25) is 0 Å². The molecule has 0 aliphatic heterocycles. The molecule has 0 aliphatic rings. The van der Waals surface area contributed by atoms with Gasteiger partial charge in [0.25, 0.3) is 0 Å². The van der Waals surface area contributed by atoms with E-state index in [9.17, 15) is 9.59 Å². The molecule has 0 aliphatic carbocycles. The van der Waals surface area contributed by atoms with Gasteiger partial charge in [0.05, 0.1) is 6.54 Å². The fourth-order valence-corrected chi connectivity index (χ4v) is 1.84. The number of carbonyl (C=O) groups is 2. The summed E-state index contributed by atoms with van der Waals surface area (Å²) < 4.78 is 0. The maximum Gasteiger partial charge on any atom is 0.335 e. The number of thioether (sulfide) groups is 1. The number of carboxylic acids is 1. The van der Waals surface area contributed by atoms with Crippen LogP contribution in [-0.4, -0.2) is 35.0 Å². The summed E-state index contributed by atoms with van der Waals surface area (Å²) in [5.74, 6) is 0.735. The van der Waals surface area contributed by atoms with Gasteiger partial charge >= 0.3 is 11.9 Å². The summed E-state index contributed by atoms with van der Waals surface area (Å²) in [7, 11) is 0. The van der Waals surface area contributed by atoms with E-state index in [0.717, 1.165) is 23.7 Å². The van der Waals surface area contributed by atoms with Crippen LogP contribution in [0.3, 0.4) is 0 Å². The molecule has 0 rings (SSSR count). The highest BCUT2D eigenvalue weighted by atomic mass is 32.2. The van der Waals surface area contributed by atoms with Crippen LogP contribution in [-0.2, 0) is 9.59 Å². The Morgan fingerprint density at radius 1 is 1.33 bits per heavy atom. The molecule has 0 saturated carbocycles.